The van der Waals surface area contributed by atoms with Crippen molar-refractivity contribution in [1.29, 1.82) is 0 Å². The Morgan fingerprint density at radius 2 is 1.86 bits per heavy atom. The molecule has 0 saturated carbocycles. The molecule has 1 rings (SSSR count). The standard InChI is InChI=1S/C15H23N3O3/c1-9(2)16-15(20)10(3)17-13-8-12(18-11(4)19)6-7-14(13)21-5/h6-10,17H,1-5H3,(H,16,20)(H,18,19). The van der Waals surface area contributed by atoms with E-state index in [1.54, 1.807) is 32.2 Å². The van der Waals surface area contributed by atoms with E-state index < -0.39 is 6.04 Å². The molecule has 0 bridgehead atoms. The molecule has 1 unspecified atom stereocenters. The van der Waals surface area contributed by atoms with E-state index in [2.05, 4.69) is 16.0 Å². The van der Waals surface area contributed by atoms with Crippen molar-refractivity contribution in [3.63, 3.8) is 0 Å². The third-order valence-corrected chi connectivity index (χ3v) is 2.72. The van der Waals surface area contributed by atoms with E-state index in [9.17, 15) is 9.59 Å². The molecule has 0 aliphatic carbocycles. The molecule has 0 spiro atoms. The molecule has 0 fully saturated rings. The maximum atomic E-state index is 11.9. The lowest BCUT2D eigenvalue weighted by molar-refractivity contribution is -0.122. The van der Waals surface area contributed by atoms with Gasteiger partial charge in [0, 0.05) is 18.7 Å². The van der Waals surface area contributed by atoms with Crippen molar-refractivity contribution >= 4 is 23.2 Å². The molecular formula is C15H23N3O3. The molecule has 2 amide bonds. The van der Waals surface area contributed by atoms with Crippen LogP contribution in [-0.2, 0) is 9.59 Å². The monoisotopic (exact) mass is 293 g/mol. The Morgan fingerprint density at radius 3 is 2.38 bits per heavy atom. The Balaban J connectivity index is 2.88. The summed E-state index contributed by atoms with van der Waals surface area (Å²) in [4.78, 5) is 23.0. The predicted octanol–water partition coefficient (Wildman–Crippen LogP) is 1.98. The van der Waals surface area contributed by atoms with Crippen LogP contribution in [0.3, 0.4) is 0 Å². The Bertz CT molecular complexity index is 515. The summed E-state index contributed by atoms with van der Waals surface area (Å²) >= 11 is 0. The zero-order chi connectivity index (χ0) is 16.0. The minimum absolute atomic E-state index is 0.0781. The van der Waals surface area contributed by atoms with Crippen LogP contribution < -0.4 is 20.7 Å². The number of anilines is 2. The molecule has 1 aromatic rings. The molecule has 1 atom stereocenters. The second kappa shape index (κ2) is 7.52. The molecule has 0 heterocycles. The van der Waals surface area contributed by atoms with Crippen molar-refractivity contribution in [1.82, 2.24) is 5.32 Å². The summed E-state index contributed by atoms with van der Waals surface area (Å²) in [6, 6.07) is 4.87. The number of methoxy groups -OCH3 is 1. The number of hydrogen-bond donors (Lipinski definition) is 3. The number of carbonyl (C=O) groups is 2. The number of rotatable bonds is 6. The van der Waals surface area contributed by atoms with E-state index in [4.69, 9.17) is 4.74 Å². The lowest BCUT2D eigenvalue weighted by Crippen LogP contribution is -2.41. The number of amides is 2. The van der Waals surface area contributed by atoms with Gasteiger partial charge in [-0.2, -0.15) is 0 Å². The minimum atomic E-state index is -0.422. The molecule has 1 aromatic carbocycles. The summed E-state index contributed by atoms with van der Waals surface area (Å²) in [5.41, 5.74) is 1.29. The van der Waals surface area contributed by atoms with Crippen LogP contribution in [0.4, 0.5) is 11.4 Å². The topological polar surface area (TPSA) is 79.5 Å². The van der Waals surface area contributed by atoms with Crippen molar-refractivity contribution in [2.75, 3.05) is 17.7 Å². The molecule has 0 saturated heterocycles. The molecule has 0 aromatic heterocycles. The lowest BCUT2D eigenvalue weighted by atomic mass is 10.2. The van der Waals surface area contributed by atoms with Crippen molar-refractivity contribution in [2.45, 2.75) is 39.8 Å². The summed E-state index contributed by atoms with van der Waals surface area (Å²) in [5, 5.41) is 8.62. The predicted molar refractivity (Wildman–Crippen MR) is 83.7 cm³/mol. The van der Waals surface area contributed by atoms with Crippen LogP contribution in [-0.4, -0.2) is 31.0 Å². The fourth-order valence-corrected chi connectivity index (χ4v) is 1.81. The largest absolute Gasteiger partial charge is 0.495 e. The smallest absolute Gasteiger partial charge is 0.242 e. The van der Waals surface area contributed by atoms with Gasteiger partial charge in [-0.25, -0.2) is 0 Å². The molecule has 21 heavy (non-hydrogen) atoms. The molecule has 0 radical (unpaired) electrons. The molecule has 0 aliphatic heterocycles. The quantitative estimate of drug-likeness (QED) is 0.749. The van der Waals surface area contributed by atoms with Crippen LogP contribution in [0, 0.1) is 0 Å². The summed E-state index contributed by atoms with van der Waals surface area (Å²) < 4.78 is 5.26. The number of nitrogens with one attached hydrogen (secondary N) is 3. The first-order chi connectivity index (χ1) is 9.83. The molecule has 3 N–H and O–H groups in total. The second-order valence-electron chi connectivity index (χ2n) is 5.13. The van der Waals surface area contributed by atoms with Crippen molar-refractivity contribution in [3.05, 3.63) is 18.2 Å². The van der Waals surface area contributed by atoms with Gasteiger partial charge in [-0.15, -0.1) is 0 Å². The highest BCUT2D eigenvalue weighted by Gasteiger charge is 2.15. The van der Waals surface area contributed by atoms with Gasteiger partial charge >= 0.3 is 0 Å². The van der Waals surface area contributed by atoms with Gasteiger partial charge in [-0.05, 0) is 39.0 Å². The highest BCUT2D eigenvalue weighted by Crippen LogP contribution is 2.28. The van der Waals surface area contributed by atoms with Crippen molar-refractivity contribution in [3.8, 4) is 5.75 Å². The van der Waals surface area contributed by atoms with Crippen LogP contribution in [0.1, 0.15) is 27.7 Å². The number of benzene rings is 1. The third kappa shape index (κ3) is 5.33. The van der Waals surface area contributed by atoms with Gasteiger partial charge in [-0.3, -0.25) is 9.59 Å². The van der Waals surface area contributed by atoms with Crippen molar-refractivity contribution < 1.29 is 14.3 Å². The van der Waals surface area contributed by atoms with Gasteiger partial charge in [0.05, 0.1) is 12.8 Å². The van der Waals surface area contributed by atoms with Crippen LogP contribution >= 0.6 is 0 Å². The molecule has 116 valence electrons. The maximum Gasteiger partial charge on any atom is 0.242 e. The van der Waals surface area contributed by atoms with E-state index in [0.717, 1.165) is 0 Å². The summed E-state index contributed by atoms with van der Waals surface area (Å²) in [6.45, 7) is 7.02. The van der Waals surface area contributed by atoms with Gasteiger partial charge in [0.15, 0.2) is 0 Å². The normalized spacial score (nSPS) is 11.7. The maximum absolute atomic E-state index is 11.9. The fourth-order valence-electron chi connectivity index (χ4n) is 1.81. The summed E-state index contributed by atoms with van der Waals surface area (Å²) in [7, 11) is 1.55. The lowest BCUT2D eigenvalue weighted by Gasteiger charge is -2.19. The molecular weight excluding hydrogens is 270 g/mol. The molecule has 6 heteroatoms. The first kappa shape index (κ1) is 16.8. The van der Waals surface area contributed by atoms with Gasteiger partial charge in [0.2, 0.25) is 11.8 Å². The van der Waals surface area contributed by atoms with Crippen molar-refractivity contribution in [2.24, 2.45) is 0 Å². The minimum Gasteiger partial charge on any atom is -0.495 e. The van der Waals surface area contributed by atoms with Gasteiger partial charge in [0.25, 0.3) is 0 Å². The Labute approximate surface area is 125 Å². The van der Waals surface area contributed by atoms with E-state index in [-0.39, 0.29) is 17.9 Å². The highest BCUT2D eigenvalue weighted by atomic mass is 16.5. The van der Waals surface area contributed by atoms with E-state index in [0.29, 0.717) is 17.1 Å². The fraction of sp³-hybridized carbons (Fsp3) is 0.467. The zero-order valence-electron chi connectivity index (χ0n) is 13.1. The first-order valence-corrected chi connectivity index (χ1v) is 6.86. The van der Waals surface area contributed by atoms with Crippen LogP contribution in [0.15, 0.2) is 18.2 Å². The highest BCUT2D eigenvalue weighted by molar-refractivity contribution is 5.90. The summed E-state index contributed by atoms with van der Waals surface area (Å²) in [5.74, 6) is 0.349. The zero-order valence-corrected chi connectivity index (χ0v) is 13.1. The SMILES string of the molecule is COc1ccc(NC(C)=O)cc1NC(C)C(=O)NC(C)C. The number of hydrogen-bond acceptors (Lipinski definition) is 4. The Morgan fingerprint density at radius 1 is 1.19 bits per heavy atom. The third-order valence-electron chi connectivity index (χ3n) is 2.72. The van der Waals surface area contributed by atoms with Crippen LogP contribution in [0.2, 0.25) is 0 Å². The average Bonchev–Trinajstić information content (AvgIpc) is 2.37. The Hall–Kier alpha value is -2.24. The number of carbonyl (C=O) groups excluding carboxylic acids is 2. The van der Waals surface area contributed by atoms with E-state index in [1.807, 2.05) is 13.8 Å². The van der Waals surface area contributed by atoms with Gasteiger partial charge in [0.1, 0.15) is 11.8 Å². The Kier molecular flexibility index (Phi) is 6.02. The van der Waals surface area contributed by atoms with Crippen LogP contribution in [0.5, 0.6) is 5.75 Å². The first-order valence-electron chi connectivity index (χ1n) is 6.86. The molecule has 6 nitrogen and oxygen atoms in total. The van der Waals surface area contributed by atoms with E-state index >= 15 is 0 Å². The van der Waals surface area contributed by atoms with Gasteiger partial charge in [-0.1, -0.05) is 0 Å². The molecule has 0 aliphatic rings. The average molecular weight is 293 g/mol. The second-order valence-corrected chi connectivity index (χ2v) is 5.13. The van der Waals surface area contributed by atoms with E-state index in [1.165, 1.54) is 6.92 Å². The van der Waals surface area contributed by atoms with Crippen LogP contribution in [0.25, 0.3) is 0 Å². The summed E-state index contributed by atoms with van der Waals surface area (Å²) in [6.07, 6.45) is 0. The van der Waals surface area contributed by atoms with Gasteiger partial charge < -0.3 is 20.7 Å². The number of ether oxygens (including phenoxy) is 1.